The van der Waals surface area contributed by atoms with Gasteiger partial charge in [-0.05, 0) is 31.0 Å². The molecule has 4 nitrogen and oxygen atoms in total. The molecule has 1 aromatic rings. The number of nitrogens with two attached hydrogens (primary N) is 1. The molecular formula is C12H16BrFN4. The molecule has 2 rings (SSSR count). The van der Waals surface area contributed by atoms with Crippen molar-refractivity contribution in [2.24, 2.45) is 10.8 Å². The topological polar surface area (TPSA) is 62.4 Å². The number of aliphatic imine (C=N–C) groups is 1. The minimum atomic E-state index is -0.348. The lowest BCUT2D eigenvalue weighted by Gasteiger charge is -2.12. The van der Waals surface area contributed by atoms with Crippen molar-refractivity contribution in [2.75, 3.05) is 5.32 Å². The number of nitrogens with one attached hydrogen (secondary N) is 2. The Kier molecular flexibility index (Phi) is 4.54. The standard InChI is InChI=1S/C12H16BrFN4/c13-8-5-6-11(10(14)7-8)17-12(18-15)16-9-3-1-2-4-9/h5-7,9H,1-4,15H2,(H2,16,17,18). The SMILES string of the molecule is NNC(=NC1CCCC1)Nc1ccc(Br)cc1F. The lowest BCUT2D eigenvalue weighted by atomic mass is 10.3. The van der Waals surface area contributed by atoms with Crippen LogP contribution in [0.4, 0.5) is 10.1 Å². The first kappa shape index (κ1) is 13.3. The van der Waals surface area contributed by atoms with E-state index in [0.717, 1.165) is 12.8 Å². The Labute approximate surface area is 114 Å². The van der Waals surface area contributed by atoms with Crippen LogP contribution < -0.4 is 16.6 Å². The van der Waals surface area contributed by atoms with Crippen LogP contribution >= 0.6 is 15.9 Å². The molecule has 0 saturated heterocycles. The van der Waals surface area contributed by atoms with Crippen LogP contribution in [0, 0.1) is 5.82 Å². The van der Waals surface area contributed by atoms with Gasteiger partial charge in [0.1, 0.15) is 5.82 Å². The highest BCUT2D eigenvalue weighted by molar-refractivity contribution is 9.10. The monoisotopic (exact) mass is 314 g/mol. The molecule has 1 aliphatic carbocycles. The highest BCUT2D eigenvalue weighted by Crippen LogP contribution is 2.22. The fourth-order valence-corrected chi connectivity index (χ4v) is 2.37. The number of hydrogen-bond donors (Lipinski definition) is 3. The molecule has 0 unspecified atom stereocenters. The molecule has 0 radical (unpaired) electrons. The Morgan fingerprint density at radius 3 is 2.72 bits per heavy atom. The van der Waals surface area contributed by atoms with Gasteiger partial charge in [-0.25, -0.2) is 15.2 Å². The smallest absolute Gasteiger partial charge is 0.210 e. The summed E-state index contributed by atoms with van der Waals surface area (Å²) in [7, 11) is 0. The van der Waals surface area contributed by atoms with Gasteiger partial charge in [0.15, 0.2) is 0 Å². The molecule has 18 heavy (non-hydrogen) atoms. The van der Waals surface area contributed by atoms with Crippen molar-refractivity contribution in [1.82, 2.24) is 5.43 Å². The number of nitrogens with zero attached hydrogens (tertiary/aromatic N) is 1. The predicted octanol–water partition coefficient (Wildman–Crippen LogP) is 2.76. The Morgan fingerprint density at radius 1 is 1.39 bits per heavy atom. The van der Waals surface area contributed by atoms with Gasteiger partial charge in [0, 0.05) is 4.47 Å². The van der Waals surface area contributed by atoms with Crippen molar-refractivity contribution in [1.29, 1.82) is 0 Å². The van der Waals surface area contributed by atoms with Gasteiger partial charge in [-0.1, -0.05) is 28.8 Å². The molecule has 4 N–H and O–H groups in total. The minimum absolute atomic E-state index is 0.280. The summed E-state index contributed by atoms with van der Waals surface area (Å²) in [5.41, 5.74) is 2.83. The average molecular weight is 315 g/mol. The van der Waals surface area contributed by atoms with E-state index in [2.05, 4.69) is 31.7 Å². The zero-order valence-electron chi connectivity index (χ0n) is 9.92. The summed E-state index contributed by atoms with van der Waals surface area (Å²) >= 11 is 3.21. The summed E-state index contributed by atoms with van der Waals surface area (Å²) in [5.74, 6) is 5.46. The highest BCUT2D eigenvalue weighted by atomic mass is 79.9. The number of hydrazine groups is 1. The van der Waals surface area contributed by atoms with Crippen LogP contribution in [-0.4, -0.2) is 12.0 Å². The summed E-state index contributed by atoms with van der Waals surface area (Å²) in [6.45, 7) is 0. The third-order valence-electron chi connectivity index (χ3n) is 2.96. The maximum absolute atomic E-state index is 13.6. The maximum atomic E-state index is 13.6. The number of hydrogen-bond acceptors (Lipinski definition) is 2. The molecular weight excluding hydrogens is 299 g/mol. The average Bonchev–Trinajstić information content (AvgIpc) is 2.84. The lowest BCUT2D eigenvalue weighted by molar-refractivity contribution is 0.630. The third-order valence-corrected chi connectivity index (χ3v) is 3.45. The van der Waals surface area contributed by atoms with Crippen LogP contribution in [0.5, 0.6) is 0 Å². The van der Waals surface area contributed by atoms with Crippen LogP contribution in [0.3, 0.4) is 0 Å². The first-order chi connectivity index (χ1) is 8.69. The van der Waals surface area contributed by atoms with Crippen molar-refractivity contribution < 1.29 is 4.39 Å². The second-order valence-electron chi connectivity index (χ2n) is 4.31. The molecule has 1 fully saturated rings. The van der Waals surface area contributed by atoms with E-state index in [1.165, 1.54) is 18.9 Å². The first-order valence-electron chi connectivity index (χ1n) is 5.95. The fourth-order valence-electron chi connectivity index (χ4n) is 2.04. The van der Waals surface area contributed by atoms with Gasteiger partial charge in [-0.15, -0.1) is 0 Å². The van der Waals surface area contributed by atoms with E-state index in [1.807, 2.05) is 0 Å². The molecule has 0 bridgehead atoms. The summed E-state index contributed by atoms with van der Waals surface area (Å²) in [4.78, 5) is 4.44. The maximum Gasteiger partial charge on any atom is 0.210 e. The van der Waals surface area contributed by atoms with E-state index < -0.39 is 0 Å². The van der Waals surface area contributed by atoms with Gasteiger partial charge in [0.25, 0.3) is 0 Å². The normalized spacial score (nSPS) is 16.9. The zero-order valence-corrected chi connectivity index (χ0v) is 11.5. The van der Waals surface area contributed by atoms with E-state index in [1.54, 1.807) is 12.1 Å². The Morgan fingerprint density at radius 2 is 2.11 bits per heavy atom. The van der Waals surface area contributed by atoms with Crippen molar-refractivity contribution in [3.8, 4) is 0 Å². The van der Waals surface area contributed by atoms with Gasteiger partial charge < -0.3 is 5.32 Å². The number of benzene rings is 1. The largest absolute Gasteiger partial charge is 0.323 e. The summed E-state index contributed by atoms with van der Waals surface area (Å²) < 4.78 is 14.3. The number of rotatable bonds is 2. The molecule has 0 aromatic heterocycles. The van der Waals surface area contributed by atoms with Crippen molar-refractivity contribution in [3.63, 3.8) is 0 Å². The molecule has 1 aromatic carbocycles. The van der Waals surface area contributed by atoms with E-state index in [9.17, 15) is 4.39 Å². The molecule has 0 aliphatic heterocycles. The fraction of sp³-hybridized carbons (Fsp3) is 0.417. The van der Waals surface area contributed by atoms with E-state index >= 15 is 0 Å². The molecule has 0 heterocycles. The van der Waals surface area contributed by atoms with Gasteiger partial charge in [-0.2, -0.15) is 0 Å². The molecule has 98 valence electrons. The first-order valence-corrected chi connectivity index (χ1v) is 6.75. The third kappa shape index (κ3) is 3.43. The van der Waals surface area contributed by atoms with Crippen LogP contribution in [0.15, 0.2) is 27.7 Å². The molecule has 6 heteroatoms. The van der Waals surface area contributed by atoms with Crippen LogP contribution in [-0.2, 0) is 0 Å². The molecule has 0 amide bonds. The van der Waals surface area contributed by atoms with Crippen LogP contribution in [0.25, 0.3) is 0 Å². The zero-order chi connectivity index (χ0) is 13.0. The summed E-state index contributed by atoms with van der Waals surface area (Å²) in [6, 6.07) is 5.07. The van der Waals surface area contributed by atoms with Gasteiger partial charge in [0.2, 0.25) is 5.96 Å². The van der Waals surface area contributed by atoms with Gasteiger partial charge in [-0.3, -0.25) is 5.43 Å². The number of halogens is 2. The molecule has 0 atom stereocenters. The van der Waals surface area contributed by atoms with Crippen LogP contribution in [0.1, 0.15) is 25.7 Å². The Balaban J connectivity index is 2.09. The second kappa shape index (κ2) is 6.15. The Bertz CT molecular complexity index is 444. The van der Waals surface area contributed by atoms with Gasteiger partial charge >= 0.3 is 0 Å². The summed E-state index contributed by atoms with van der Waals surface area (Å²) in [5, 5.41) is 2.87. The van der Waals surface area contributed by atoms with E-state index in [4.69, 9.17) is 5.84 Å². The lowest BCUT2D eigenvalue weighted by Crippen LogP contribution is -2.37. The molecule has 0 spiro atoms. The second-order valence-corrected chi connectivity index (χ2v) is 5.23. The molecule has 1 aliphatic rings. The highest BCUT2D eigenvalue weighted by Gasteiger charge is 2.15. The van der Waals surface area contributed by atoms with Crippen molar-refractivity contribution >= 4 is 27.6 Å². The van der Waals surface area contributed by atoms with E-state index in [-0.39, 0.29) is 11.9 Å². The van der Waals surface area contributed by atoms with E-state index in [0.29, 0.717) is 16.1 Å². The van der Waals surface area contributed by atoms with Crippen LogP contribution in [0.2, 0.25) is 0 Å². The number of guanidine groups is 1. The van der Waals surface area contributed by atoms with Crippen molar-refractivity contribution in [3.05, 3.63) is 28.5 Å². The molecule has 1 saturated carbocycles. The van der Waals surface area contributed by atoms with Crippen molar-refractivity contribution in [2.45, 2.75) is 31.7 Å². The predicted molar refractivity (Wildman–Crippen MR) is 74.7 cm³/mol. The van der Waals surface area contributed by atoms with Gasteiger partial charge in [0.05, 0.1) is 11.7 Å². The minimum Gasteiger partial charge on any atom is -0.323 e. The Hall–Kier alpha value is -1.14. The quantitative estimate of drug-likeness (QED) is 0.340. The number of anilines is 1. The summed E-state index contributed by atoms with van der Waals surface area (Å²) in [6.07, 6.45) is 4.52.